The first-order valence-electron chi connectivity index (χ1n) is 5.55. The summed E-state index contributed by atoms with van der Waals surface area (Å²) in [4.78, 5) is 4.47. The molecule has 1 fully saturated rings. The second-order valence-corrected chi connectivity index (χ2v) is 5.24. The molecule has 1 saturated carbocycles. The van der Waals surface area contributed by atoms with Crippen molar-refractivity contribution >= 4 is 17.7 Å². The van der Waals surface area contributed by atoms with Crippen molar-refractivity contribution in [2.45, 2.75) is 24.0 Å². The Kier molecular flexibility index (Phi) is 5.94. The normalized spacial score (nSPS) is 19.1. The van der Waals surface area contributed by atoms with Gasteiger partial charge in [-0.25, -0.2) is 5.84 Å². The van der Waals surface area contributed by atoms with E-state index < -0.39 is 0 Å². The Balaban J connectivity index is 2.33. The first-order chi connectivity index (χ1) is 7.76. The molecule has 0 amide bonds. The van der Waals surface area contributed by atoms with Gasteiger partial charge in [0, 0.05) is 18.4 Å². The largest absolute Gasteiger partial charge is 0.383 e. The van der Waals surface area contributed by atoms with Crippen LogP contribution in [0.4, 0.5) is 0 Å². The quantitative estimate of drug-likeness (QED) is 0.207. The topological polar surface area (TPSA) is 71.7 Å². The minimum atomic E-state index is 0.352. The highest BCUT2D eigenvalue weighted by molar-refractivity contribution is 8.00. The minimum absolute atomic E-state index is 0.352. The van der Waals surface area contributed by atoms with Crippen LogP contribution in [-0.4, -0.2) is 43.8 Å². The van der Waals surface area contributed by atoms with Crippen LogP contribution in [0.25, 0.3) is 0 Å². The number of ether oxygens (including phenoxy) is 1. The smallest absolute Gasteiger partial charge is 0.205 e. The van der Waals surface area contributed by atoms with Gasteiger partial charge in [0.15, 0.2) is 0 Å². The molecule has 0 heterocycles. The van der Waals surface area contributed by atoms with Gasteiger partial charge in [0.1, 0.15) is 0 Å². The zero-order valence-electron chi connectivity index (χ0n) is 10.1. The average Bonchev–Trinajstić information content (AvgIpc) is 2.26. The summed E-state index contributed by atoms with van der Waals surface area (Å²) in [7, 11) is 1.67. The fourth-order valence-corrected chi connectivity index (χ4v) is 2.54. The van der Waals surface area contributed by atoms with Crippen LogP contribution in [0, 0.1) is 0 Å². The summed E-state index contributed by atoms with van der Waals surface area (Å²) in [5.41, 5.74) is 2.58. The van der Waals surface area contributed by atoms with E-state index in [1.165, 1.54) is 19.3 Å². The third-order valence-electron chi connectivity index (χ3n) is 2.96. The number of thioether (sulfide) groups is 1. The number of methoxy groups -OCH3 is 1. The number of nitrogens with one attached hydrogen (secondary N) is 2. The Bertz CT molecular complexity index is 225. The highest BCUT2D eigenvalue weighted by atomic mass is 32.2. The molecule has 5 nitrogen and oxygen atoms in total. The number of hydrogen-bond acceptors (Lipinski definition) is 4. The molecule has 0 radical (unpaired) electrons. The van der Waals surface area contributed by atoms with Crippen LogP contribution in [0.5, 0.6) is 0 Å². The first kappa shape index (κ1) is 13.6. The molecule has 1 aliphatic rings. The SMILES string of the molecule is COCCNC(=NCC1(SC)CCC1)NN. The van der Waals surface area contributed by atoms with Crippen LogP contribution in [0.3, 0.4) is 0 Å². The van der Waals surface area contributed by atoms with E-state index in [-0.39, 0.29) is 0 Å². The van der Waals surface area contributed by atoms with Crippen molar-refractivity contribution in [3.63, 3.8) is 0 Å². The molecule has 0 spiro atoms. The Morgan fingerprint density at radius 1 is 1.56 bits per heavy atom. The van der Waals surface area contributed by atoms with Gasteiger partial charge in [0.2, 0.25) is 5.96 Å². The van der Waals surface area contributed by atoms with E-state index in [0.717, 1.165) is 6.54 Å². The standard InChI is InChI=1S/C10H22N4OS/c1-15-7-6-12-9(14-11)13-8-10(16-2)4-3-5-10/h3-8,11H2,1-2H3,(H2,12,13,14). The zero-order valence-corrected chi connectivity index (χ0v) is 10.9. The molecule has 0 atom stereocenters. The minimum Gasteiger partial charge on any atom is -0.383 e. The van der Waals surface area contributed by atoms with Gasteiger partial charge >= 0.3 is 0 Å². The second-order valence-electron chi connectivity index (χ2n) is 3.97. The molecule has 94 valence electrons. The zero-order chi connectivity index (χ0) is 11.9. The Morgan fingerprint density at radius 2 is 2.31 bits per heavy atom. The van der Waals surface area contributed by atoms with Crippen LogP contribution < -0.4 is 16.6 Å². The van der Waals surface area contributed by atoms with Crippen molar-refractivity contribution in [1.82, 2.24) is 10.7 Å². The summed E-state index contributed by atoms with van der Waals surface area (Å²) in [6.07, 6.45) is 5.99. The highest BCUT2D eigenvalue weighted by Gasteiger charge is 2.35. The van der Waals surface area contributed by atoms with Gasteiger partial charge in [-0.05, 0) is 19.1 Å². The van der Waals surface area contributed by atoms with E-state index in [1.54, 1.807) is 7.11 Å². The lowest BCUT2D eigenvalue weighted by atomic mass is 9.84. The molecule has 0 saturated heterocycles. The van der Waals surface area contributed by atoms with Crippen molar-refractivity contribution < 1.29 is 4.74 Å². The average molecular weight is 246 g/mol. The van der Waals surface area contributed by atoms with Crippen molar-refractivity contribution in [3.05, 3.63) is 0 Å². The van der Waals surface area contributed by atoms with Crippen LogP contribution in [0.15, 0.2) is 4.99 Å². The summed E-state index contributed by atoms with van der Waals surface area (Å²) in [6.45, 7) is 2.19. The number of hydrogen-bond donors (Lipinski definition) is 3. The van der Waals surface area contributed by atoms with Gasteiger partial charge < -0.3 is 10.1 Å². The van der Waals surface area contributed by atoms with Crippen LogP contribution in [-0.2, 0) is 4.74 Å². The number of rotatable bonds is 6. The third kappa shape index (κ3) is 3.84. The van der Waals surface area contributed by atoms with E-state index in [2.05, 4.69) is 22.0 Å². The lowest BCUT2D eigenvalue weighted by molar-refractivity contribution is 0.203. The highest BCUT2D eigenvalue weighted by Crippen LogP contribution is 2.42. The molecule has 1 rings (SSSR count). The maximum absolute atomic E-state index is 5.39. The number of aliphatic imine (C=N–C) groups is 1. The van der Waals surface area contributed by atoms with Crippen molar-refractivity contribution in [2.75, 3.05) is 33.1 Å². The first-order valence-corrected chi connectivity index (χ1v) is 6.78. The predicted molar refractivity (Wildman–Crippen MR) is 69.6 cm³/mol. The van der Waals surface area contributed by atoms with Gasteiger partial charge in [-0.2, -0.15) is 11.8 Å². The van der Waals surface area contributed by atoms with E-state index >= 15 is 0 Å². The van der Waals surface area contributed by atoms with Gasteiger partial charge in [0.25, 0.3) is 0 Å². The van der Waals surface area contributed by atoms with Crippen molar-refractivity contribution in [1.29, 1.82) is 0 Å². The van der Waals surface area contributed by atoms with Crippen LogP contribution >= 0.6 is 11.8 Å². The molecule has 1 aliphatic carbocycles. The lowest BCUT2D eigenvalue weighted by Gasteiger charge is -2.39. The summed E-state index contributed by atoms with van der Waals surface area (Å²) >= 11 is 1.91. The number of hydrazine groups is 1. The van der Waals surface area contributed by atoms with E-state index in [9.17, 15) is 0 Å². The molecule has 0 unspecified atom stereocenters. The Morgan fingerprint density at radius 3 is 2.75 bits per heavy atom. The van der Waals surface area contributed by atoms with E-state index in [4.69, 9.17) is 10.6 Å². The second kappa shape index (κ2) is 6.98. The summed E-state index contributed by atoms with van der Waals surface area (Å²) in [5, 5.41) is 3.09. The van der Waals surface area contributed by atoms with E-state index in [1.807, 2.05) is 11.8 Å². The lowest BCUT2D eigenvalue weighted by Crippen LogP contribution is -2.44. The van der Waals surface area contributed by atoms with E-state index in [0.29, 0.717) is 23.9 Å². The van der Waals surface area contributed by atoms with Crippen molar-refractivity contribution in [2.24, 2.45) is 10.8 Å². The molecular weight excluding hydrogens is 224 g/mol. The molecule has 16 heavy (non-hydrogen) atoms. The Labute approximate surface area is 102 Å². The monoisotopic (exact) mass is 246 g/mol. The number of nitrogens with two attached hydrogens (primary N) is 1. The maximum atomic E-state index is 5.39. The van der Waals surface area contributed by atoms with Crippen LogP contribution in [0.1, 0.15) is 19.3 Å². The molecule has 0 aliphatic heterocycles. The molecule has 6 heteroatoms. The van der Waals surface area contributed by atoms with Crippen LogP contribution in [0.2, 0.25) is 0 Å². The van der Waals surface area contributed by atoms with Gasteiger partial charge in [-0.1, -0.05) is 6.42 Å². The molecule has 0 aromatic carbocycles. The van der Waals surface area contributed by atoms with Crippen molar-refractivity contribution in [3.8, 4) is 0 Å². The summed E-state index contributed by atoms with van der Waals surface area (Å²) in [5.74, 6) is 6.04. The number of nitrogens with zero attached hydrogens (tertiary/aromatic N) is 1. The molecule has 4 N–H and O–H groups in total. The maximum Gasteiger partial charge on any atom is 0.205 e. The summed E-state index contributed by atoms with van der Waals surface area (Å²) < 4.78 is 5.30. The molecule has 0 aromatic rings. The van der Waals surface area contributed by atoms with Gasteiger partial charge in [0.05, 0.1) is 13.2 Å². The number of guanidine groups is 1. The van der Waals surface area contributed by atoms with Gasteiger partial charge in [-0.3, -0.25) is 10.4 Å². The molecular formula is C10H22N4OS. The Hall–Kier alpha value is -0.460. The predicted octanol–water partition coefficient (Wildman–Crippen LogP) is 0.327. The summed E-state index contributed by atoms with van der Waals surface area (Å²) in [6, 6.07) is 0. The fraction of sp³-hybridized carbons (Fsp3) is 0.900. The van der Waals surface area contributed by atoms with Gasteiger partial charge in [-0.15, -0.1) is 0 Å². The fourth-order valence-electron chi connectivity index (χ4n) is 1.65. The third-order valence-corrected chi connectivity index (χ3v) is 4.36. The molecule has 0 aromatic heterocycles. The molecule has 0 bridgehead atoms.